The molecule has 0 atom stereocenters. The quantitative estimate of drug-likeness (QED) is 0.609. The molecule has 29 heavy (non-hydrogen) atoms. The standard InChI is InChI=1S/C19H21FN4O4S/c1-3-7-24-16(21)15(17(25)22-19(24)27)23(8-9-28-2)18(26)14-10-11-12(20)5-4-6-13(11)29-14/h4-6,10H,3,7-9,21H2,1-2H3,(H,22,25,27). The van der Waals surface area contributed by atoms with Crippen LogP contribution in [-0.4, -0.2) is 35.7 Å². The van der Waals surface area contributed by atoms with Crippen LogP contribution in [0, 0.1) is 5.82 Å². The number of hydrogen-bond acceptors (Lipinski definition) is 6. The van der Waals surface area contributed by atoms with Gasteiger partial charge in [-0.15, -0.1) is 11.3 Å². The molecule has 1 aromatic carbocycles. The summed E-state index contributed by atoms with van der Waals surface area (Å²) in [5.41, 5.74) is 4.58. The Balaban J connectivity index is 2.14. The molecule has 8 nitrogen and oxygen atoms in total. The van der Waals surface area contributed by atoms with E-state index in [4.69, 9.17) is 10.5 Å². The van der Waals surface area contributed by atoms with Gasteiger partial charge in [0.1, 0.15) is 11.6 Å². The van der Waals surface area contributed by atoms with Gasteiger partial charge < -0.3 is 10.5 Å². The SMILES string of the molecule is CCCn1c(N)c(N(CCOC)C(=O)c2cc3c(F)cccc3s2)c(=O)[nH]c1=O. The summed E-state index contributed by atoms with van der Waals surface area (Å²) in [6.07, 6.45) is 0.608. The molecule has 0 fully saturated rings. The molecular formula is C19H21FN4O4S. The molecular weight excluding hydrogens is 399 g/mol. The number of nitrogens with one attached hydrogen (secondary N) is 1. The summed E-state index contributed by atoms with van der Waals surface area (Å²) in [6, 6.07) is 6.04. The van der Waals surface area contributed by atoms with E-state index in [1.807, 2.05) is 6.92 Å². The maximum atomic E-state index is 14.0. The maximum Gasteiger partial charge on any atom is 0.330 e. The van der Waals surface area contributed by atoms with Crippen molar-refractivity contribution in [2.75, 3.05) is 30.9 Å². The third-order valence-corrected chi connectivity index (χ3v) is 5.50. The number of anilines is 2. The zero-order chi connectivity index (χ0) is 21.1. The first kappa shape index (κ1) is 20.7. The molecule has 0 aliphatic rings. The first-order valence-corrected chi connectivity index (χ1v) is 9.82. The summed E-state index contributed by atoms with van der Waals surface area (Å²) in [4.78, 5) is 41.5. The fourth-order valence-corrected chi connectivity index (χ4v) is 4.07. The molecule has 3 aromatic rings. The van der Waals surface area contributed by atoms with E-state index in [2.05, 4.69) is 4.98 Å². The van der Waals surface area contributed by atoms with E-state index in [-0.39, 0.29) is 36.1 Å². The molecule has 3 N–H and O–H groups in total. The Morgan fingerprint density at radius 1 is 1.38 bits per heavy atom. The molecule has 0 bridgehead atoms. The minimum atomic E-state index is -0.767. The first-order valence-electron chi connectivity index (χ1n) is 9.00. The number of aromatic nitrogens is 2. The van der Waals surface area contributed by atoms with Gasteiger partial charge in [0.15, 0.2) is 5.69 Å². The van der Waals surface area contributed by atoms with Crippen molar-refractivity contribution in [1.29, 1.82) is 0 Å². The molecule has 0 aliphatic heterocycles. The number of carbonyl (C=O) groups is 1. The number of H-pyrrole nitrogens is 1. The van der Waals surface area contributed by atoms with Gasteiger partial charge in [0.25, 0.3) is 11.5 Å². The lowest BCUT2D eigenvalue weighted by atomic mass is 10.2. The zero-order valence-electron chi connectivity index (χ0n) is 16.0. The number of hydrogen-bond donors (Lipinski definition) is 2. The number of nitrogens with zero attached hydrogens (tertiary/aromatic N) is 2. The molecule has 0 radical (unpaired) electrons. The molecule has 0 saturated heterocycles. The van der Waals surface area contributed by atoms with E-state index in [1.165, 1.54) is 28.7 Å². The third-order valence-electron chi connectivity index (χ3n) is 4.41. The van der Waals surface area contributed by atoms with Crippen LogP contribution in [0.3, 0.4) is 0 Å². The van der Waals surface area contributed by atoms with Crippen LogP contribution in [-0.2, 0) is 11.3 Å². The fourth-order valence-electron chi connectivity index (χ4n) is 3.05. The number of nitrogens with two attached hydrogens (primary N) is 1. The number of nitrogen functional groups attached to an aromatic ring is 1. The average molecular weight is 420 g/mol. The predicted molar refractivity (Wildman–Crippen MR) is 111 cm³/mol. The Bertz CT molecular complexity index is 1170. The number of ether oxygens (including phenoxy) is 1. The number of benzene rings is 1. The molecule has 0 unspecified atom stereocenters. The summed E-state index contributed by atoms with van der Waals surface area (Å²) < 4.78 is 20.9. The normalized spacial score (nSPS) is 11.1. The highest BCUT2D eigenvalue weighted by Crippen LogP contribution is 2.30. The van der Waals surface area contributed by atoms with Gasteiger partial charge in [-0.05, 0) is 24.6 Å². The van der Waals surface area contributed by atoms with Crippen molar-refractivity contribution in [3.8, 4) is 0 Å². The van der Waals surface area contributed by atoms with Gasteiger partial charge in [0.05, 0.1) is 11.5 Å². The maximum absolute atomic E-state index is 14.0. The second kappa shape index (κ2) is 8.58. The van der Waals surface area contributed by atoms with Crippen LogP contribution in [0.5, 0.6) is 0 Å². The molecule has 0 aliphatic carbocycles. The minimum absolute atomic E-state index is 0.0314. The van der Waals surface area contributed by atoms with Crippen LogP contribution >= 0.6 is 11.3 Å². The van der Waals surface area contributed by atoms with Crippen molar-refractivity contribution in [2.24, 2.45) is 0 Å². The number of amides is 1. The van der Waals surface area contributed by atoms with Crippen LogP contribution in [0.4, 0.5) is 15.9 Å². The molecule has 154 valence electrons. The van der Waals surface area contributed by atoms with Crippen LogP contribution < -0.4 is 21.9 Å². The van der Waals surface area contributed by atoms with Crippen LogP contribution in [0.15, 0.2) is 33.9 Å². The van der Waals surface area contributed by atoms with Gasteiger partial charge in [-0.3, -0.25) is 24.0 Å². The van der Waals surface area contributed by atoms with Gasteiger partial charge in [-0.1, -0.05) is 13.0 Å². The van der Waals surface area contributed by atoms with Gasteiger partial charge in [-0.25, -0.2) is 9.18 Å². The smallest absolute Gasteiger partial charge is 0.330 e. The lowest BCUT2D eigenvalue weighted by Crippen LogP contribution is -2.42. The Kier molecular flexibility index (Phi) is 6.14. The van der Waals surface area contributed by atoms with Crippen molar-refractivity contribution in [1.82, 2.24) is 9.55 Å². The number of thiophene rings is 1. The summed E-state index contributed by atoms with van der Waals surface area (Å²) in [7, 11) is 1.46. The second-order valence-corrected chi connectivity index (χ2v) is 7.44. The Morgan fingerprint density at radius 3 is 2.79 bits per heavy atom. The number of fused-ring (bicyclic) bond motifs is 1. The van der Waals surface area contributed by atoms with Crippen LogP contribution in [0.1, 0.15) is 23.0 Å². The van der Waals surface area contributed by atoms with Crippen LogP contribution in [0.2, 0.25) is 0 Å². The van der Waals surface area contributed by atoms with E-state index >= 15 is 0 Å². The van der Waals surface area contributed by atoms with Gasteiger partial charge in [0, 0.05) is 30.3 Å². The summed E-state index contributed by atoms with van der Waals surface area (Å²) >= 11 is 1.11. The predicted octanol–water partition coefficient (Wildman–Crippen LogP) is 2.18. The van der Waals surface area contributed by atoms with E-state index in [0.717, 1.165) is 11.3 Å². The molecule has 10 heteroatoms. The highest BCUT2D eigenvalue weighted by molar-refractivity contribution is 7.20. The van der Waals surface area contributed by atoms with E-state index in [0.29, 0.717) is 16.5 Å². The Morgan fingerprint density at radius 2 is 2.14 bits per heavy atom. The Labute approximate surface area is 169 Å². The molecule has 0 saturated carbocycles. The van der Waals surface area contributed by atoms with Gasteiger partial charge in [0.2, 0.25) is 0 Å². The topological polar surface area (TPSA) is 110 Å². The van der Waals surface area contributed by atoms with Gasteiger partial charge in [-0.2, -0.15) is 0 Å². The molecule has 2 heterocycles. The second-order valence-electron chi connectivity index (χ2n) is 6.36. The number of methoxy groups -OCH3 is 1. The largest absolute Gasteiger partial charge is 0.383 e. The van der Waals surface area contributed by atoms with E-state index < -0.39 is 23.0 Å². The highest BCUT2D eigenvalue weighted by atomic mass is 32.1. The Hall–Kier alpha value is -2.98. The minimum Gasteiger partial charge on any atom is -0.383 e. The molecule has 1 amide bonds. The number of aromatic amines is 1. The lowest BCUT2D eigenvalue weighted by molar-refractivity contribution is 0.0979. The van der Waals surface area contributed by atoms with Crippen molar-refractivity contribution in [2.45, 2.75) is 19.9 Å². The monoisotopic (exact) mass is 420 g/mol. The summed E-state index contributed by atoms with van der Waals surface area (Å²) in [5.74, 6) is -1.06. The summed E-state index contributed by atoms with van der Waals surface area (Å²) in [5, 5.41) is 0.324. The van der Waals surface area contributed by atoms with Crippen molar-refractivity contribution in [3.05, 3.63) is 55.8 Å². The summed E-state index contributed by atoms with van der Waals surface area (Å²) in [6.45, 7) is 2.31. The van der Waals surface area contributed by atoms with Crippen molar-refractivity contribution in [3.63, 3.8) is 0 Å². The van der Waals surface area contributed by atoms with Crippen molar-refractivity contribution >= 4 is 38.8 Å². The zero-order valence-corrected chi connectivity index (χ0v) is 16.8. The molecule has 3 rings (SSSR count). The van der Waals surface area contributed by atoms with E-state index in [1.54, 1.807) is 12.1 Å². The average Bonchev–Trinajstić information content (AvgIpc) is 3.13. The highest BCUT2D eigenvalue weighted by Gasteiger charge is 2.26. The van der Waals surface area contributed by atoms with E-state index in [9.17, 15) is 18.8 Å². The number of carbonyl (C=O) groups excluding carboxylic acids is 1. The number of halogens is 1. The molecule has 0 spiro atoms. The fraction of sp³-hybridized carbons (Fsp3) is 0.316. The number of rotatable bonds is 7. The lowest BCUT2D eigenvalue weighted by Gasteiger charge is -2.23. The first-order chi connectivity index (χ1) is 13.9. The van der Waals surface area contributed by atoms with Crippen LogP contribution in [0.25, 0.3) is 10.1 Å². The van der Waals surface area contributed by atoms with Crippen molar-refractivity contribution < 1.29 is 13.9 Å². The molecule has 2 aromatic heterocycles. The third kappa shape index (κ3) is 3.94. The van der Waals surface area contributed by atoms with Gasteiger partial charge >= 0.3 is 5.69 Å².